The molecule has 0 aliphatic carbocycles. The average Bonchev–Trinajstić information content (AvgIpc) is 2.98. The molecule has 1 heterocycles. The summed E-state index contributed by atoms with van der Waals surface area (Å²) in [4.78, 5) is 37.2. The molecule has 7 heteroatoms. The Morgan fingerprint density at radius 3 is 2.67 bits per heavy atom. The van der Waals surface area contributed by atoms with E-state index in [0.717, 1.165) is 6.42 Å². The summed E-state index contributed by atoms with van der Waals surface area (Å²) in [5.74, 6) is -1.02. The van der Waals surface area contributed by atoms with Crippen LogP contribution in [0.3, 0.4) is 0 Å². The maximum atomic E-state index is 12.1. The fraction of sp³-hybridized carbons (Fsp3) is 0.500. The zero-order valence-electron chi connectivity index (χ0n) is 12.3. The molecule has 2 amide bonds. The number of esters is 1. The van der Waals surface area contributed by atoms with E-state index in [2.05, 4.69) is 5.32 Å². The van der Waals surface area contributed by atoms with E-state index in [4.69, 9.17) is 4.74 Å². The Kier molecular flexibility index (Phi) is 7.45. The smallest absolute Gasteiger partial charge is 0.325 e. The Hall–Kier alpha value is -1.89. The molecule has 0 aliphatic rings. The highest BCUT2D eigenvalue weighted by molar-refractivity contribution is 7.12. The van der Waals surface area contributed by atoms with Crippen molar-refractivity contribution in [3.63, 3.8) is 0 Å². The summed E-state index contributed by atoms with van der Waals surface area (Å²) in [5, 5.41) is 4.35. The summed E-state index contributed by atoms with van der Waals surface area (Å²) >= 11 is 1.31. The van der Waals surface area contributed by atoms with Gasteiger partial charge in [0.1, 0.15) is 6.54 Å². The zero-order chi connectivity index (χ0) is 15.7. The molecule has 6 nitrogen and oxygen atoms in total. The molecule has 0 aliphatic heterocycles. The van der Waals surface area contributed by atoms with Crippen LogP contribution in [0, 0.1) is 0 Å². The molecule has 0 saturated heterocycles. The van der Waals surface area contributed by atoms with E-state index in [1.165, 1.54) is 16.2 Å². The van der Waals surface area contributed by atoms with E-state index in [-0.39, 0.29) is 31.5 Å². The lowest BCUT2D eigenvalue weighted by Crippen LogP contribution is -2.43. The molecule has 21 heavy (non-hydrogen) atoms. The van der Waals surface area contributed by atoms with Crippen LogP contribution < -0.4 is 5.32 Å². The second-order valence-electron chi connectivity index (χ2n) is 4.28. The lowest BCUT2D eigenvalue weighted by molar-refractivity contribution is -0.148. The lowest BCUT2D eigenvalue weighted by atomic mass is 10.3. The van der Waals surface area contributed by atoms with E-state index < -0.39 is 5.97 Å². The number of hydrogen-bond acceptors (Lipinski definition) is 5. The van der Waals surface area contributed by atoms with E-state index >= 15 is 0 Å². The minimum atomic E-state index is -0.441. The van der Waals surface area contributed by atoms with Crippen molar-refractivity contribution in [1.82, 2.24) is 10.2 Å². The fourth-order valence-corrected chi connectivity index (χ4v) is 2.33. The minimum Gasteiger partial charge on any atom is -0.465 e. The Morgan fingerprint density at radius 1 is 1.33 bits per heavy atom. The number of nitrogens with one attached hydrogen (secondary N) is 1. The number of hydrogen-bond donors (Lipinski definition) is 1. The third kappa shape index (κ3) is 5.95. The number of carbonyl (C=O) groups is 3. The van der Waals surface area contributed by atoms with Crippen LogP contribution in [-0.4, -0.2) is 48.9 Å². The van der Waals surface area contributed by atoms with Crippen LogP contribution in [0.5, 0.6) is 0 Å². The lowest BCUT2D eigenvalue weighted by Gasteiger charge is -2.21. The van der Waals surface area contributed by atoms with E-state index in [0.29, 0.717) is 11.4 Å². The van der Waals surface area contributed by atoms with Gasteiger partial charge in [-0.25, -0.2) is 0 Å². The third-order valence-electron chi connectivity index (χ3n) is 2.62. The van der Waals surface area contributed by atoms with Crippen LogP contribution in [0.2, 0.25) is 0 Å². The number of nitrogens with zero attached hydrogens (tertiary/aromatic N) is 1. The molecule has 0 radical (unpaired) electrons. The second-order valence-corrected chi connectivity index (χ2v) is 5.23. The standard InChI is InChI=1S/C14H20N2O4S/c1-3-7-16(10-13(18)20-4-2)12(17)9-15-14(19)11-6-5-8-21-11/h5-6,8H,3-4,7,9-10H2,1-2H3,(H,15,19). The van der Waals surface area contributed by atoms with Crippen molar-refractivity contribution < 1.29 is 19.1 Å². The summed E-state index contributed by atoms with van der Waals surface area (Å²) in [6.45, 7) is 4.14. The molecule has 0 unspecified atom stereocenters. The number of carbonyl (C=O) groups excluding carboxylic acids is 3. The van der Waals surface area contributed by atoms with E-state index in [1.54, 1.807) is 24.4 Å². The van der Waals surface area contributed by atoms with E-state index in [9.17, 15) is 14.4 Å². The molecule has 0 bridgehead atoms. The molecular weight excluding hydrogens is 292 g/mol. The maximum Gasteiger partial charge on any atom is 0.325 e. The van der Waals surface area contributed by atoms with Gasteiger partial charge in [-0.15, -0.1) is 11.3 Å². The van der Waals surface area contributed by atoms with Gasteiger partial charge in [0, 0.05) is 6.54 Å². The monoisotopic (exact) mass is 312 g/mol. The van der Waals surface area contributed by atoms with Crippen molar-refractivity contribution in [3.05, 3.63) is 22.4 Å². The molecule has 1 aromatic heterocycles. The highest BCUT2D eigenvalue weighted by Crippen LogP contribution is 2.07. The first-order valence-corrected chi connectivity index (χ1v) is 7.71. The van der Waals surface area contributed by atoms with Crippen LogP contribution in [0.25, 0.3) is 0 Å². The largest absolute Gasteiger partial charge is 0.465 e. The molecule has 1 aromatic rings. The molecule has 0 fully saturated rings. The first-order valence-electron chi connectivity index (χ1n) is 6.83. The topological polar surface area (TPSA) is 75.7 Å². The summed E-state index contributed by atoms with van der Waals surface area (Å²) in [6.07, 6.45) is 0.726. The van der Waals surface area contributed by atoms with Crippen molar-refractivity contribution in [2.24, 2.45) is 0 Å². The number of amides is 2. The highest BCUT2D eigenvalue weighted by Gasteiger charge is 2.18. The molecule has 0 saturated carbocycles. The van der Waals surface area contributed by atoms with Crippen LogP contribution in [-0.2, 0) is 14.3 Å². The van der Waals surface area contributed by atoms with Crippen molar-refractivity contribution in [1.29, 1.82) is 0 Å². The Balaban J connectivity index is 2.48. The van der Waals surface area contributed by atoms with Crippen molar-refractivity contribution in [3.8, 4) is 0 Å². The Bertz CT molecular complexity index is 473. The molecule has 1 N–H and O–H groups in total. The Morgan fingerprint density at radius 2 is 2.10 bits per heavy atom. The van der Waals surface area contributed by atoms with Crippen molar-refractivity contribution >= 4 is 29.1 Å². The number of ether oxygens (including phenoxy) is 1. The zero-order valence-corrected chi connectivity index (χ0v) is 13.1. The number of rotatable bonds is 8. The first-order chi connectivity index (χ1) is 10.1. The van der Waals surface area contributed by atoms with Crippen molar-refractivity contribution in [2.75, 3.05) is 26.2 Å². The average molecular weight is 312 g/mol. The van der Waals surface area contributed by atoms with Gasteiger partial charge in [0.25, 0.3) is 5.91 Å². The molecule has 116 valence electrons. The maximum absolute atomic E-state index is 12.1. The summed E-state index contributed by atoms with van der Waals surface area (Å²) in [5.41, 5.74) is 0. The molecule has 0 spiro atoms. The van der Waals surface area contributed by atoms with Gasteiger partial charge in [0.05, 0.1) is 18.0 Å². The van der Waals surface area contributed by atoms with Gasteiger partial charge in [0.15, 0.2) is 0 Å². The third-order valence-corrected chi connectivity index (χ3v) is 3.49. The molecular formula is C14H20N2O4S. The SMILES string of the molecule is CCCN(CC(=O)OCC)C(=O)CNC(=O)c1cccs1. The Labute approximate surface area is 128 Å². The van der Waals surface area contributed by atoms with Gasteiger partial charge >= 0.3 is 5.97 Å². The minimum absolute atomic E-state index is 0.0879. The van der Waals surface area contributed by atoms with Gasteiger partial charge in [-0.2, -0.15) is 0 Å². The van der Waals surface area contributed by atoms with Crippen LogP contribution in [0.15, 0.2) is 17.5 Å². The highest BCUT2D eigenvalue weighted by atomic mass is 32.1. The predicted molar refractivity (Wildman–Crippen MR) is 80.2 cm³/mol. The van der Waals surface area contributed by atoms with Gasteiger partial charge in [0.2, 0.25) is 5.91 Å². The fourth-order valence-electron chi connectivity index (χ4n) is 1.69. The second kappa shape index (κ2) is 9.12. The van der Waals surface area contributed by atoms with Crippen LogP contribution in [0.1, 0.15) is 29.9 Å². The van der Waals surface area contributed by atoms with Gasteiger partial charge in [-0.1, -0.05) is 13.0 Å². The summed E-state index contributed by atoms with van der Waals surface area (Å²) < 4.78 is 4.83. The quantitative estimate of drug-likeness (QED) is 0.734. The summed E-state index contributed by atoms with van der Waals surface area (Å²) in [7, 11) is 0. The molecule has 0 aromatic carbocycles. The molecule has 1 rings (SSSR count). The molecule has 0 atom stereocenters. The van der Waals surface area contributed by atoms with Gasteiger partial charge in [-0.05, 0) is 24.8 Å². The number of thiophene rings is 1. The van der Waals surface area contributed by atoms with Crippen LogP contribution >= 0.6 is 11.3 Å². The van der Waals surface area contributed by atoms with Crippen molar-refractivity contribution in [2.45, 2.75) is 20.3 Å². The summed E-state index contributed by atoms with van der Waals surface area (Å²) in [6, 6.07) is 3.46. The van der Waals surface area contributed by atoms with Crippen LogP contribution in [0.4, 0.5) is 0 Å². The van der Waals surface area contributed by atoms with E-state index in [1.807, 2.05) is 6.92 Å². The van der Waals surface area contributed by atoms with Gasteiger partial charge in [-0.3, -0.25) is 14.4 Å². The predicted octanol–water partition coefficient (Wildman–Crippen LogP) is 1.28. The normalized spacial score (nSPS) is 10.0. The van der Waals surface area contributed by atoms with Gasteiger partial charge < -0.3 is 15.0 Å². The first kappa shape index (κ1) is 17.2.